The van der Waals surface area contributed by atoms with Crippen molar-refractivity contribution in [2.24, 2.45) is 0 Å². The summed E-state index contributed by atoms with van der Waals surface area (Å²) in [7, 11) is 4.04. The van der Waals surface area contributed by atoms with E-state index in [1.54, 1.807) is 23.5 Å². The Labute approximate surface area is 188 Å². The molecule has 6 heteroatoms. The molecule has 0 saturated carbocycles. The van der Waals surface area contributed by atoms with Crippen molar-refractivity contribution in [1.29, 1.82) is 0 Å². The Bertz CT molecular complexity index is 1010. The largest absolute Gasteiger partial charge is 0.487 e. The summed E-state index contributed by atoms with van der Waals surface area (Å²) in [5.74, 6) is 0.664. The van der Waals surface area contributed by atoms with Gasteiger partial charge in [0.2, 0.25) is 5.91 Å². The number of nitrogens with one attached hydrogen (secondary N) is 1. The number of hydrogen-bond acceptors (Lipinski definition) is 5. The molecule has 0 saturated heterocycles. The summed E-state index contributed by atoms with van der Waals surface area (Å²) in [4.78, 5) is 18.8. The molecule has 2 aromatic carbocycles. The van der Waals surface area contributed by atoms with Gasteiger partial charge in [-0.1, -0.05) is 42.0 Å². The number of hydrogen-bond donors (Lipinski definition) is 1. The fourth-order valence-corrected chi connectivity index (χ4v) is 3.72. The number of ether oxygens (including phenoxy) is 1. The summed E-state index contributed by atoms with van der Waals surface area (Å²) in [5.41, 5.74) is 4.28. The zero-order valence-corrected chi connectivity index (χ0v) is 19.3. The van der Waals surface area contributed by atoms with E-state index in [0.717, 1.165) is 22.0 Å². The van der Waals surface area contributed by atoms with Crippen LogP contribution in [0.3, 0.4) is 0 Å². The number of carbonyl (C=O) groups excluding carboxylic acids is 1. The fraction of sp³-hybridized carbons (Fsp3) is 0.280. The van der Waals surface area contributed by atoms with Crippen LogP contribution in [-0.4, -0.2) is 36.4 Å². The lowest BCUT2D eigenvalue weighted by Gasteiger charge is -2.25. The van der Waals surface area contributed by atoms with Crippen LogP contribution < -0.4 is 10.1 Å². The second-order valence-corrected chi connectivity index (χ2v) is 8.75. The molecule has 5 nitrogen and oxygen atoms in total. The summed E-state index contributed by atoms with van der Waals surface area (Å²) in [6, 6.07) is 16.2. The molecule has 1 amide bonds. The predicted octanol–water partition coefficient (Wildman–Crippen LogP) is 4.77. The quantitative estimate of drug-likeness (QED) is 0.492. The van der Waals surface area contributed by atoms with Crippen molar-refractivity contribution < 1.29 is 9.53 Å². The van der Waals surface area contributed by atoms with E-state index in [9.17, 15) is 4.79 Å². The zero-order chi connectivity index (χ0) is 22.2. The molecule has 3 rings (SSSR count). The molecule has 0 aliphatic heterocycles. The van der Waals surface area contributed by atoms with E-state index in [1.807, 2.05) is 50.7 Å². The standard InChI is InChI=1S/C25H29N3O2S/c1-18-5-10-21(11-6-18)24(28(3)4)15-26-25(29)14-9-20-7-12-23(13-8-20)30-16-22-17-31-19(2)27-22/h5-14,17,24H,15-16H2,1-4H3,(H,26,29)/b14-9+. The molecule has 0 aliphatic carbocycles. The lowest BCUT2D eigenvalue weighted by atomic mass is 10.0. The van der Waals surface area contributed by atoms with Crippen LogP contribution >= 0.6 is 11.3 Å². The van der Waals surface area contributed by atoms with Crippen LogP contribution in [0.4, 0.5) is 0 Å². The maximum absolute atomic E-state index is 12.3. The number of benzene rings is 2. The predicted molar refractivity (Wildman–Crippen MR) is 127 cm³/mol. The van der Waals surface area contributed by atoms with Gasteiger partial charge in [-0.05, 0) is 57.3 Å². The Morgan fingerprint density at radius 2 is 1.84 bits per heavy atom. The Hall–Kier alpha value is -2.96. The summed E-state index contributed by atoms with van der Waals surface area (Å²) < 4.78 is 5.76. The van der Waals surface area contributed by atoms with Gasteiger partial charge in [-0.15, -0.1) is 11.3 Å². The van der Waals surface area contributed by atoms with Gasteiger partial charge >= 0.3 is 0 Å². The zero-order valence-electron chi connectivity index (χ0n) is 18.5. The van der Waals surface area contributed by atoms with Gasteiger partial charge in [0, 0.05) is 18.0 Å². The molecule has 31 heavy (non-hydrogen) atoms. The Balaban J connectivity index is 1.50. The molecule has 1 unspecified atom stereocenters. The third kappa shape index (κ3) is 7.05. The summed E-state index contributed by atoms with van der Waals surface area (Å²) >= 11 is 1.62. The molecular formula is C25H29N3O2S. The van der Waals surface area contributed by atoms with Crippen molar-refractivity contribution in [3.05, 3.63) is 87.4 Å². The van der Waals surface area contributed by atoms with Crippen molar-refractivity contribution in [2.45, 2.75) is 26.5 Å². The highest BCUT2D eigenvalue weighted by molar-refractivity contribution is 7.09. The number of rotatable bonds is 9. The number of nitrogens with zero attached hydrogens (tertiary/aromatic N) is 2. The van der Waals surface area contributed by atoms with Crippen LogP contribution in [0, 0.1) is 13.8 Å². The average molecular weight is 436 g/mol. The Morgan fingerprint density at radius 1 is 1.13 bits per heavy atom. The molecule has 0 radical (unpaired) electrons. The van der Waals surface area contributed by atoms with E-state index in [-0.39, 0.29) is 11.9 Å². The first kappa shape index (κ1) is 22.7. The molecule has 1 heterocycles. The number of thiazole rings is 1. The van der Waals surface area contributed by atoms with Gasteiger partial charge in [0.1, 0.15) is 12.4 Å². The lowest BCUT2D eigenvalue weighted by Crippen LogP contribution is -2.33. The second-order valence-electron chi connectivity index (χ2n) is 7.68. The number of amides is 1. The van der Waals surface area contributed by atoms with Crippen molar-refractivity contribution in [3.63, 3.8) is 0 Å². The maximum Gasteiger partial charge on any atom is 0.244 e. The lowest BCUT2D eigenvalue weighted by molar-refractivity contribution is -0.116. The highest BCUT2D eigenvalue weighted by Gasteiger charge is 2.14. The van der Waals surface area contributed by atoms with Crippen LogP contribution in [0.1, 0.15) is 33.4 Å². The van der Waals surface area contributed by atoms with Gasteiger partial charge < -0.3 is 15.0 Å². The van der Waals surface area contributed by atoms with E-state index >= 15 is 0 Å². The number of likely N-dealkylation sites (N-methyl/N-ethyl adjacent to an activating group) is 1. The van der Waals surface area contributed by atoms with Gasteiger partial charge in [-0.2, -0.15) is 0 Å². The summed E-state index contributed by atoms with van der Waals surface area (Å²) in [6.07, 6.45) is 3.37. The number of carbonyl (C=O) groups is 1. The van der Waals surface area contributed by atoms with Crippen LogP contribution in [-0.2, 0) is 11.4 Å². The van der Waals surface area contributed by atoms with E-state index in [4.69, 9.17) is 4.74 Å². The molecule has 0 fully saturated rings. The van der Waals surface area contributed by atoms with Crippen molar-refractivity contribution >= 4 is 23.3 Å². The second kappa shape index (κ2) is 10.9. The third-order valence-electron chi connectivity index (χ3n) is 4.92. The minimum absolute atomic E-state index is 0.113. The SMILES string of the molecule is Cc1ccc(C(CNC(=O)/C=C/c2ccc(OCc3csc(C)n3)cc2)N(C)C)cc1. The first-order valence-corrected chi connectivity index (χ1v) is 11.1. The fourth-order valence-electron chi connectivity index (χ4n) is 3.12. The maximum atomic E-state index is 12.3. The molecule has 1 aromatic heterocycles. The molecule has 1 atom stereocenters. The smallest absolute Gasteiger partial charge is 0.244 e. The van der Waals surface area contributed by atoms with E-state index < -0.39 is 0 Å². The normalized spacial score (nSPS) is 12.3. The monoisotopic (exact) mass is 435 g/mol. The van der Waals surface area contributed by atoms with Crippen molar-refractivity contribution in [1.82, 2.24) is 15.2 Å². The first-order chi connectivity index (χ1) is 14.9. The van der Waals surface area contributed by atoms with Crippen molar-refractivity contribution in [2.75, 3.05) is 20.6 Å². The molecule has 0 spiro atoms. The van der Waals surface area contributed by atoms with Gasteiger partial charge in [-0.25, -0.2) is 4.98 Å². The van der Waals surface area contributed by atoms with Crippen LogP contribution in [0.25, 0.3) is 6.08 Å². The van der Waals surface area contributed by atoms with E-state index in [0.29, 0.717) is 13.2 Å². The minimum Gasteiger partial charge on any atom is -0.487 e. The van der Waals surface area contributed by atoms with Gasteiger partial charge in [0.05, 0.1) is 16.7 Å². The van der Waals surface area contributed by atoms with Gasteiger partial charge in [-0.3, -0.25) is 4.79 Å². The Kier molecular flexibility index (Phi) is 7.98. The number of aromatic nitrogens is 1. The Morgan fingerprint density at radius 3 is 2.45 bits per heavy atom. The van der Waals surface area contributed by atoms with E-state index in [1.165, 1.54) is 11.1 Å². The van der Waals surface area contributed by atoms with Crippen LogP contribution in [0.5, 0.6) is 5.75 Å². The van der Waals surface area contributed by atoms with E-state index in [2.05, 4.69) is 46.4 Å². The van der Waals surface area contributed by atoms with Gasteiger partial charge in [0.15, 0.2) is 0 Å². The van der Waals surface area contributed by atoms with Crippen molar-refractivity contribution in [3.8, 4) is 5.75 Å². The molecule has 0 bridgehead atoms. The average Bonchev–Trinajstić information content (AvgIpc) is 3.18. The molecular weight excluding hydrogens is 406 g/mol. The first-order valence-electron chi connectivity index (χ1n) is 10.2. The highest BCUT2D eigenvalue weighted by atomic mass is 32.1. The van der Waals surface area contributed by atoms with Crippen LogP contribution in [0.15, 0.2) is 60.0 Å². The third-order valence-corrected chi connectivity index (χ3v) is 5.74. The number of aryl methyl sites for hydroxylation is 2. The van der Waals surface area contributed by atoms with Crippen LogP contribution in [0.2, 0.25) is 0 Å². The van der Waals surface area contributed by atoms with Gasteiger partial charge in [0.25, 0.3) is 0 Å². The highest BCUT2D eigenvalue weighted by Crippen LogP contribution is 2.18. The molecule has 0 aliphatic rings. The molecule has 162 valence electrons. The molecule has 1 N–H and O–H groups in total. The summed E-state index contributed by atoms with van der Waals surface area (Å²) in [6.45, 7) is 5.05. The minimum atomic E-state index is -0.113. The topological polar surface area (TPSA) is 54.5 Å². The molecule has 3 aromatic rings. The summed E-state index contributed by atoms with van der Waals surface area (Å²) in [5, 5.41) is 6.04.